The Morgan fingerprint density at radius 1 is 1.22 bits per heavy atom. The van der Waals surface area contributed by atoms with E-state index < -0.39 is 50.1 Å². The predicted octanol–water partition coefficient (Wildman–Crippen LogP) is 2.73. The molecule has 16 heteroatoms. The summed E-state index contributed by atoms with van der Waals surface area (Å²) in [5.74, 6) is -0.758. The summed E-state index contributed by atoms with van der Waals surface area (Å²) in [5.41, 5.74) is -3.79. The number of benzene rings is 2. The van der Waals surface area contributed by atoms with Gasteiger partial charge in [0.1, 0.15) is 16.4 Å². The van der Waals surface area contributed by atoms with Crippen LogP contribution in [0.3, 0.4) is 0 Å². The number of phenols is 1. The molecule has 3 aromatic rings. The predicted molar refractivity (Wildman–Crippen MR) is 123 cm³/mol. The summed E-state index contributed by atoms with van der Waals surface area (Å²) in [7, 11) is -4.13. The molecule has 1 aliphatic heterocycles. The van der Waals surface area contributed by atoms with Crippen molar-refractivity contribution in [2.75, 3.05) is 13.2 Å². The second-order valence-corrected chi connectivity index (χ2v) is 10.0. The van der Waals surface area contributed by atoms with Gasteiger partial charge in [-0.1, -0.05) is 23.2 Å². The molecule has 0 unspecified atom stereocenters. The highest BCUT2D eigenvalue weighted by Gasteiger charge is 2.27. The molecule has 192 valence electrons. The van der Waals surface area contributed by atoms with Crippen LogP contribution in [0.1, 0.15) is 18.5 Å². The third-order valence-electron chi connectivity index (χ3n) is 4.98. The minimum atomic E-state index is -4.13. The van der Waals surface area contributed by atoms with E-state index >= 15 is 0 Å². The molecule has 1 fully saturated rings. The van der Waals surface area contributed by atoms with E-state index in [1.165, 1.54) is 6.07 Å². The van der Waals surface area contributed by atoms with E-state index in [0.29, 0.717) is 17.7 Å². The molecule has 2 aromatic carbocycles. The molecule has 36 heavy (non-hydrogen) atoms. The maximum atomic E-state index is 13.0. The number of hydrogen-bond acceptors (Lipinski definition) is 8. The Bertz CT molecular complexity index is 1520. The van der Waals surface area contributed by atoms with Crippen molar-refractivity contribution >= 4 is 33.2 Å². The van der Waals surface area contributed by atoms with Crippen molar-refractivity contribution in [2.45, 2.75) is 23.8 Å². The molecule has 0 aliphatic carbocycles. The van der Waals surface area contributed by atoms with Gasteiger partial charge in [0.25, 0.3) is 12.0 Å². The second kappa shape index (κ2) is 10.1. The third-order valence-corrected chi connectivity index (χ3v) is 7.09. The first kappa shape index (κ1) is 26.0. The monoisotopic (exact) mass is 564 g/mol. The molecule has 0 bridgehead atoms. The summed E-state index contributed by atoms with van der Waals surface area (Å²) in [4.78, 5) is 24.9. The van der Waals surface area contributed by atoms with E-state index in [0.717, 1.165) is 24.3 Å². The number of aromatic amines is 1. The largest absolute Gasteiger partial charge is 0.507 e. The number of H-pyrrole nitrogens is 1. The van der Waals surface area contributed by atoms with Gasteiger partial charge in [0.05, 0.1) is 22.3 Å². The highest BCUT2D eigenvalue weighted by Crippen LogP contribution is 2.39. The zero-order valence-corrected chi connectivity index (χ0v) is 20.2. The minimum absolute atomic E-state index is 0.0632. The number of aromatic nitrogens is 3. The Hall–Kier alpha value is -3.04. The second-order valence-electron chi connectivity index (χ2n) is 7.51. The number of nitrogens with one attached hydrogen (secondary N) is 2. The fourth-order valence-corrected chi connectivity index (χ4v) is 5.22. The third kappa shape index (κ3) is 5.37. The molecule has 1 atom stereocenters. The first-order valence-electron chi connectivity index (χ1n) is 10.1. The topological polar surface area (TPSA) is 153 Å². The first-order chi connectivity index (χ1) is 17.0. The van der Waals surface area contributed by atoms with Gasteiger partial charge in [-0.3, -0.25) is 9.78 Å². The van der Waals surface area contributed by atoms with Gasteiger partial charge in [-0.15, -0.1) is 0 Å². The standard InChI is InChI=1S/C20H16Cl2F2N4O7S/c21-12-5-10(28-20(31)25-19(30)16(26-28)18(23)24)6-13(22)17(12)35-11-1-2-14(29)15(7-11)36(32,33)27-9-3-4-34-8-9/h1-2,5-7,9,18,27,29H,3-4,8H2,(H,25,30,31)/t9-/m1/s1. The van der Waals surface area contributed by atoms with Crippen LogP contribution in [-0.2, 0) is 14.8 Å². The molecule has 2 heterocycles. The molecule has 0 spiro atoms. The number of rotatable bonds is 7. The van der Waals surface area contributed by atoms with Crippen molar-refractivity contribution < 1.29 is 31.8 Å². The number of aromatic hydroxyl groups is 1. The molecule has 3 N–H and O–H groups in total. The molecule has 0 amide bonds. The number of phenolic OH excluding ortho intramolecular Hbond substituents is 1. The fourth-order valence-electron chi connectivity index (χ4n) is 3.30. The molecule has 0 radical (unpaired) electrons. The van der Waals surface area contributed by atoms with E-state index in [1.807, 2.05) is 0 Å². The van der Waals surface area contributed by atoms with Crippen LogP contribution in [0.25, 0.3) is 5.69 Å². The van der Waals surface area contributed by atoms with Crippen LogP contribution in [0.15, 0.2) is 44.8 Å². The highest BCUT2D eigenvalue weighted by molar-refractivity contribution is 7.89. The lowest BCUT2D eigenvalue weighted by molar-refractivity contribution is 0.141. The van der Waals surface area contributed by atoms with Crippen molar-refractivity contribution in [2.24, 2.45) is 0 Å². The minimum Gasteiger partial charge on any atom is -0.507 e. The highest BCUT2D eigenvalue weighted by atomic mass is 35.5. The Labute approximate surface area is 211 Å². The van der Waals surface area contributed by atoms with Crippen LogP contribution in [0, 0.1) is 0 Å². The van der Waals surface area contributed by atoms with Crippen molar-refractivity contribution in [3.63, 3.8) is 0 Å². The van der Waals surface area contributed by atoms with Gasteiger partial charge in [0, 0.05) is 18.7 Å². The summed E-state index contributed by atoms with van der Waals surface area (Å²) in [6.45, 7) is 0.596. The Morgan fingerprint density at radius 3 is 2.53 bits per heavy atom. The zero-order chi connectivity index (χ0) is 26.2. The number of alkyl halides is 2. The summed E-state index contributed by atoms with van der Waals surface area (Å²) in [5, 5.41) is 13.1. The number of ether oxygens (including phenoxy) is 2. The molecule has 4 rings (SSSR count). The van der Waals surface area contributed by atoms with Crippen LogP contribution in [0.4, 0.5) is 8.78 Å². The maximum absolute atomic E-state index is 13.0. The van der Waals surface area contributed by atoms with E-state index in [-0.39, 0.29) is 33.8 Å². The fraction of sp³-hybridized carbons (Fsp3) is 0.250. The molecule has 1 aromatic heterocycles. The molecular formula is C20H16Cl2F2N4O7S. The van der Waals surface area contributed by atoms with Crippen molar-refractivity contribution in [3.8, 4) is 22.9 Å². The Morgan fingerprint density at radius 2 is 1.92 bits per heavy atom. The average Bonchev–Trinajstić information content (AvgIpc) is 3.29. The maximum Gasteiger partial charge on any atom is 0.349 e. The summed E-state index contributed by atoms with van der Waals surface area (Å²) >= 11 is 12.5. The van der Waals surface area contributed by atoms with Crippen LogP contribution >= 0.6 is 23.2 Å². The number of halogens is 4. The zero-order valence-electron chi connectivity index (χ0n) is 17.9. The van der Waals surface area contributed by atoms with Crippen LogP contribution in [0.2, 0.25) is 10.0 Å². The average molecular weight is 565 g/mol. The molecule has 1 saturated heterocycles. The molecular weight excluding hydrogens is 549 g/mol. The van der Waals surface area contributed by atoms with Gasteiger partial charge in [-0.25, -0.2) is 26.7 Å². The van der Waals surface area contributed by atoms with Gasteiger partial charge < -0.3 is 14.6 Å². The van der Waals surface area contributed by atoms with Crippen molar-refractivity contribution in [1.29, 1.82) is 0 Å². The Balaban J connectivity index is 1.67. The SMILES string of the molecule is O=c1[nH]c(=O)n(-c2cc(Cl)c(Oc3ccc(O)c(S(=O)(=O)N[C@@H]4CCOC4)c3)c(Cl)c2)nc1C(F)F. The van der Waals surface area contributed by atoms with Crippen LogP contribution < -0.4 is 20.7 Å². The lowest BCUT2D eigenvalue weighted by Crippen LogP contribution is -2.35. The van der Waals surface area contributed by atoms with Crippen LogP contribution in [0.5, 0.6) is 17.2 Å². The normalized spacial score (nSPS) is 16.0. The van der Waals surface area contributed by atoms with Crippen LogP contribution in [-0.4, -0.2) is 47.5 Å². The number of nitrogens with zero attached hydrogens (tertiary/aromatic N) is 2. The van der Waals surface area contributed by atoms with Gasteiger partial charge in [-0.05, 0) is 30.7 Å². The smallest absolute Gasteiger partial charge is 0.349 e. The van der Waals surface area contributed by atoms with E-state index in [2.05, 4.69) is 9.82 Å². The molecule has 0 saturated carbocycles. The van der Waals surface area contributed by atoms with E-state index in [9.17, 15) is 31.9 Å². The molecule has 11 nitrogen and oxygen atoms in total. The van der Waals surface area contributed by atoms with Gasteiger partial charge in [0.15, 0.2) is 11.4 Å². The van der Waals surface area contributed by atoms with Crippen molar-refractivity contribution in [1.82, 2.24) is 19.5 Å². The van der Waals surface area contributed by atoms with Crippen molar-refractivity contribution in [3.05, 3.63) is 66.9 Å². The van der Waals surface area contributed by atoms with Gasteiger partial charge >= 0.3 is 5.69 Å². The van der Waals surface area contributed by atoms with Gasteiger partial charge in [-0.2, -0.15) is 9.78 Å². The number of sulfonamides is 1. The lowest BCUT2D eigenvalue weighted by Gasteiger charge is -2.15. The Kier molecular flexibility index (Phi) is 7.33. The van der Waals surface area contributed by atoms with Gasteiger partial charge in [0.2, 0.25) is 10.0 Å². The van der Waals surface area contributed by atoms with E-state index in [4.69, 9.17) is 32.7 Å². The van der Waals surface area contributed by atoms with E-state index in [1.54, 1.807) is 4.98 Å². The quantitative estimate of drug-likeness (QED) is 0.396. The molecule has 1 aliphatic rings. The number of hydrogen-bond donors (Lipinski definition) is 3. The summed E-state index contributed by atoms with van der Waals surface area (Å²) in [6, 6.07) is 5.19. The lowest BCUT2D eigenvalue weighted by atomic mass is 10.3. The first-order valence-corrected chi connectivity index (χ1v) is 12.3. The summed E-state index contributed by atoms with van der Waals surface area (Å²) < 4.78 is 65.2. The summed E-state index contributed by atoms with van der Waals surface area (Å²) in [6.07, 6.45) is -2.77.